The molecule has 3 saturated heterocycles. The molecule has 23 heteroatoms. The molecule has 7 aliphatic rings. The molecule has 3 aliphatic carbocycles. The number of hydrogen-bond acceptors (Lipinski definition) is 16. The van der Waals surface area contributed by atoms with E-state index < -0.39 is 0 Å². The number of phenols is 1. The summed E-state index contributed by atoms with van der Waals surface area (Å²) in [5.74, 6) is 8.54. The van der Waals surface area contributed by atoms with Crippen molar-refractivity contribution in [2.24, 2.45) is 5.41 Å². The maximum Gasteiger partial charge on any atom is 0.259 e. The Balaban J connectivity index is 0.000000109. The van der Waals surface area contributed by atoms with Crippen molar-refractivity contribution in [3.63, 3.8) is 0 Å². The summed E-state index contributed by atoms with van der Waals surface area (Å²) in [5.41, 5.74) is 16.3. The number of carbonyl (C=O) groups excluding carboxylic acids is 1. The molecule has 2 bridgehead atoms. The van der Waals surface area contributed by atoms with Gasteiger partial charge in [0.05, 0.1) is 73.5 Å². The number of aromatic nitrogens is 5. The summed E-state index contributed by atoms with van der Waals surface area (Å²) in [5, 5.41) is 34.8. The lowest BCUT2D eigenvalue weighted by molar-refractivity contribution is -0.167. The smallest absolute Gasteiger partial charge is 0.259 e. The predicted molar refractivity (Wildman–Crippen MR) is 539 cm³/mol. The monoisotopic (exact) mass is 1820 g/mol. The maximum atomic E-state index is 14.4. The molecule has 0 atom stereocenters. The van der Waals surface area contributed by atoms with Gasteiger partial charge < -0.3 is 78.1 Å². The van der Waals surface area contributed by atoms with E-state index in [0.29, 0.717) is 82.5 Å². The van der Waals surface area contributed by atoms with Crippen molar-refractivity contribution < 1.29 is 52.6 Å². The van der Waals surface area contributed by atoms with Crippen LogP contribution < -0.4 is 52.1 Å². The van der Waals surface area contributed by atoms with Crippen LogP contribution in [0.5, 0.6) is 28.7 Å². The topological polar surface area (TPSA) is 291 Å². The Hall–Kier alpha value is -14.3. The normalized spacial score (nSPS) is 17.0. The highest BCUT2D eigenvalue weighted by Crippen LogP contribution is 2.73. The zero-order valence-electron chi connectivity index (χ0n) is 78.1. The van der Waals surface area contributed by atoms with Crippen LogP contribution in [0.4, 0.5) is 4.39 Å². The van der Waals surface area contributed by atoms with E-state index in [1.807, 2.05) is 141 Å². The first-order valence-electron chi connectivity index (χ1n) is 46.4. The number of aromatic amines is 4. The Morgan fingerprint density at radius 1 is 0.456 bits per heavy atom. The minimum absolute atomic E-state index is 0.0107. The lowest BCUT2D eigenvalue weighted by Crippen LogP contribution is -2.66. The molecule has 136 heavy (non-hydrogen) atoms. The molecule has 17 aromatic rings. The number of pyridine rings is 5. The summed E-state index contributed by atoms with van der Waals surface area (Å²) < 4.78 is 54.4. The second-order valence-corrected chi connectivity index (χ2v) is 37.2. The molecule has 1 amide bonds. The third kappa shape index (κ3) is 18.9. The van der Waals surface area contributed by atoms with E-state index in [4.69, 9.17) is 33.2 Å². The van der Waals surface area contributed by atoms with Crippen LogP contribution in [0.2, 0.25) is 0 Å². The fourth-order valence-corrected chi connectivity index (χ4v) is 20.5. The van der Waals surface area contributed by atoms with Crippen LogP contribution in [0.1, 0.15) is 124 Å². The van der Waals surface area contributed by atoms with E-state index in [1.54, 1.807) is 70.7 Å². The molecule has 694 valence electrons. The largest absolute Gasteiger partial charge is 0.508 e. The number of ether oxygens (including phenoxy) is 7. The number of benzene rings is 12. The van der Waals surface area contributed by atoms with Crippen molar-refractivity contribution in [1.82, 2.24) is 34.7 Å². The number of H-pyrrole nitrogens is 4. The average molecular weight is 1830 g/mol. The van der Waals surface area contributed by atoms with Gasteiger partial charge in [-0.25, -0.2) is 4.39 Å². The van der Waals surface area contributed by atoms with Gasteiger partial charge in [0.1, 0.15) is 53.4 Å². The third-order valence-corrected chi connectivity index (χ3v) is 27.4. The Bertz CT molecular complexity index is 7960. The van der Waals surface area contributed by atoms with E-state index in [1.165, 1.54) is 17.2 Å². The van der Waals surface area contributed by atoms with Gasteiger partial charge in [-0.2, -0.15) is 0 Å². The molecule has 5 aromatic heterocycles. The number of likely N-dealkylation sites (tertiary alicyclic amines) is 1. The first kappa shape index (κ1) is 92.2. The van der Waals surface area contributed by atoms with Gasteiger partial charge in [0.2, 0.25) is 0 Å². The first-order valence-corrected chi connectivity index (χ1v) is 46.4. The number of aliphatic hydroxyl groups excluding tert-OH is 1. The lowest BCUT2D eigenvalue weighted by atomic mass is 9.34. The van der Waals surface area contributed by atoms with E-state index in [-0.39, 0.29) is 74.4 Å². The third-order valence-electron chi connectivity index (χ3n) is 27.4. The highest BCUT2D eigenvalue weighted by atomic mass is 19.1. The Labute approximate surface area is 784 Å². The van der Waals surface area contributed by atoms with Crippen molar-refractivity contribution in [3.8, 4) is 51.7 Å². The first-order chi connectivity index (χ1) is 65.7. The molecule has 9 heterocycles. The number of methoxy groups -OCH3 is 3. The highest BCUT2D eigenvalue weighted by Gasteiger charge is 2.67. The Morgan fingerprint density at radius 3 is 1.60 bits per heavy atom. The average Bonchev–Trinajstić information content (AvgIpc) is 0.834. The van der Waals surface area contributed by atoms with Gasteiger partial charge in [0, 0.05) is 124 Å². The summed E-state index contributed by atoms with van der Waals surface area (Å²) >= 11 is 0. The fourth-order valence-electron chi connectivity index (χ4n) is 20.5. The molecule has 7 N–H and O–H groups in total. The quantitative estimate of drug-likeness (QED) is 0.0495. The minimum Gasteiger partial charge on any atom is -0.508 e. The number of halogens is 1. The van der Waals surface area contributed by atoms with E-state index >= 15 is 0 Å². The van der Waals surface area contributed by atoms with E-state index in [9.17, 15) is 43.4 Å². The second-order valence-electron chi connectivity index (χ2n) is 37.2. The van der Waals surface area contributed by atoms with Crippen LogP contribution in [-0.4, -0.2) is 139 Å². The maximum absolute atomic E-state index is 14.4. The lowest BCUT2D eigenvalue weighted by Gasteiger charge is -2.70. The number of rotatable bonds is 10. The molecule has 12 aromatic carbocycles. The zero-order chi connectivity index (χ0) is 95.0. The van der Waals surface area contributed by atoms with Gasteiger partial charge in [-0.3, -0.25) is 28.8 Å². The van der Waals surface area contributed by atoms with Gasteiger partial charge >= 0.3 is 0 Å². The van der Waals surface area contributed by atoms with Crippen LogP contribution in [-0.2, 0) is 26.2 Å². The van der Waals surface area contributed by atoms with Crippen molar-refractivity contribution >= 4 is 114 Å². The SMILES string of the molecule is COCC#Cc1ccc2c(c1)c(=O)[nH]c1cc(C)ccc12.COc1ccc2c(c1)c(=O)[nH]c1cc(OC)c(C)cc12.Cc1cc(F)c2c(c1)[nH]c(=O)c1cc(OC3CCOCC3)ccc12.Cc1ccc2c(c1)CNC(=O)c1cc(OC3CCOCC3)ccc1-2.Cc1ccc2c(c1)[nH]c(=O)c1cc(C34CC(CO)(C3)C4)ccc12.Cc1ccc2c(c1)c(=O)n(C1CCN(C)CC1)c1cc(O)ccc21. The summed E-state index contributed by atoms with van der Waals surface area (Å²) in [6, 6.07) is 66.0. The van der Waals surface area contributed by atoms with Crippen LogP contribution in [0.15, 0.2) is 230 Å². The number of aromatic hydroxyl groups is 1. The number of hydrogen-bond donors (Lipinski definition) is 7. The molecular formula is C113H110FN7O15. The molecule has 0 spiro atoms. The number of amides is 1. The van der Waals surface area contributed by atoms with E-state index in [0.717, 1.165) is 222 Å². The predicted octanol–water partition coefficient (Wildman–Crippen LogP) is 20.0. The number of nitrogens with one attached hydrogen (secondary N) is 5. The summed E-state index contributed by atoms with van der Waals surface area (Å²) in [4.78, 5) is 89.1. The molecule has 6 fully saturated rings. The molecule has 0 radical (unpaired) electrons. The summed E-state index contributed by atoms with van der Waals surface area (Å²) in [7, 11) is 6.93. The molecule has 0 unspecified atom stereocenters. The summed E-state index contributed by atoms with van der Waals surface area (Å²) in [6.07, 6.45) is 8.82. The minimum atomic E-state index is -0.329. The van der Waals surface area contributed by atoms with E-state index in [2.05, 4.69) is 104 Å². The van der Waals surface area contributed by atoms with Gasteiger partial charge in [0.25, 0.3) is 33.7 Å². The molecule has 24 rings (SSSR count). The number of nitrogens with zero attached hydrogens (tertiary/aromatic N) is 2. The number of piperidine rings is 1. The van der Waals surface area contributed by atoms with Crippen LogP contribution >= 0.6 is 0 Å². The van der Waals surface area contributed by atoms with Crippen LogP contribution in [0.25, 0.3) is 120 Å². The number of aryl methyl sites for hydroxylation is 6. The number of carbonyl (C=O) groups is 1. The van der Waals surface area contributed by atoms with Crippen molar-refractivity contribution in [3.05, 3.63) is 319 Å². The van der Waals surface area contributed by atoms with Gasteiger partial charge in [-0.05, 0) is 297 Å². The second kappa shape index (κ2) is 39.0. The van der Waals surface area contributed by atoms with Crippen LogP contribution in [0.3, 0.4) is 0 Å². The standard InChI is InChI=1S/C20H22N2O2.C20H21NO3.C20H19NO2.C19H18FNO3.C18H15NO2.C16H15NO3/c1-13-3-5-16-17-6-4-15(23)12-19(17)22(20(24)18(16)11-13)14-7-9-21(2)10-8-14;1-13-2-4-17-14(10-13)12-21-20(22)19-11-16(3-5-18(17)19)24-15-6-8-23-9-7-15;1-12-2-4-15-14-5-3-13(20-8-19(9-20,10-20)11-22)7-16(14)18(23)21-17(15)6-12;1-11-8-16(20)18-14-3-2-13(24-12-4-6-23-7-5-12)10-15(14)19(22)21-17(18)9-11;1-12-5-7-15-14-8-6-13(4-3-9-21-2)11-16(14)18(20)19-17(15)10-12;1-9-6-12-11-5-4-10(19-2)7-13(11)16(18)17-14(12)8-15(9)20-3/h3-6,11-12,14,23H,7-10H2,1-2H3;2-5,10-11,15H,6-9,12H2,1H3,(H,21,22);2-7,22H,8-11H2,1H3,(H,21,23);2-3,8-10,12H,4-7H2,1H3,(H,21,22);5-8,10-11H,9H2,1-2H3,(H,19,20);4-8H,1-3H3,(H,17,18). The highest BCUT2D eigenvalue weighted by molar-refractivity contribution is 6.10. The number of phenolic OH excluding ortho intramolecular Hbond substituents is 1. The molecule has 4 aliphatic heterocycles. The molecule has 3 saturated carbocycles. The Kier molecular flexibility index (Phi) is 26.4. The number of aliphatic hydroxyl groups is 1. The summed E-state index contributed by atoms with van der Waals surface area (Å²) in [6.45, 7) is 18.0. The zero-order valence-corrected chi connectivity index (χ0v) is 78.1. The molecular weight excluding hydrogens is 1710 g/mol. The van der Waals surface area contributed by atoms with Gasteiger partial charge in [-0.15, -0.1) is 0 Å². The van der Waals surface area contributed by atoms with Crippen molar-refractivity contribution in [2.45, 2.75) is 130 Å². The number of fused-ring (bicyclic) bond motifs is 18. The van der Waals surface area contributed by atoms with Crippen LogP contribution in [0, 0.1) is 64.6 Å². The van der Waals surface area contributed by atoms with Crippen molar-refractivity contribution in [2.75, 3.05) is 81.1 Å². The van der Waals surface area contributed by atoms with Crippen molar-refractivity contribution in [1.29, 1.82) is 0 Å². The van der Waals surface area contributed by atoms with Gasteiger partial charge in [-0.1, -0.05) is 95.8 Å². The molecule has 22 nitrogen and oxygen atoms in total. The Morgan fingerprint density at radius 2 is 0.963 bits per heavy atom. The van der Waals surface area contributed by atoms with Gasteiger partial charge in [0.15, 0.2) is 0 Å². The fraction of sp³-hybridized carbons (Fsp3) is 0.292.